The molecule has 0 heterocycles. The first-order valence-corrected chi connectivity index (χ1v) is 7.47. The molecule has 2 rings (SSSR count). The quantitative estimate of drug-likeness (QED) is 0.656. The first kappa shape index (κ1) is 15.9. The predicted octanol–water partition coefficient (Wildman–Crippen LogP) is 5.49. The number of hydrogen-bond acceptors (Lipinski definition) is 1. The van der Waals surface area contributed by atoms with Crippen LogP contribution in [0.4, 0.5) is 13.2 Å². The van der Waals surface area contributed by atoms with Gasteiger partial charge in [-0.1, -0.05) is 46.3 Å². The molecule has 0 fully saturated rings. The van der Waals surface area contributed by atoms with Gasteiger partial charge in [-0.15, -0.1) is 0 Å². The van der Waals surface area contributed by atoms with Crippen LogP contribution in [-0.2, 0) is 18.1 Å². The molecule has 21 heavy (non-hydrogen) atoms. The summed E-state index contributed by atoms with van der Waals surface area (Å²) >= 11 is 3.38. The van der Waals surface area contributed by atoms with E-state index in [2.05, 4.69) is 15.9 Å². The van der Waals surface area contributed by atoms with Crippen molar-refractivity contribution in [1.82, 2.24) is 0 Å². The summed E-state index contributed by atoms with van der Waals surface area (Å²) in [6.07, 6.45) is -4.33. The van der Waals surface area contributed by atoms with E-state index in [0.29, 0.717) is 16.6 Å². The van der Waals surface area contributed by atoms with Gasteiger partial charge in [-0.3, -0.25) is 0 Å². The van der Waals surface area contributed by atoms with Gasteiger partial charge in [-0.2, -0.15) is 13.2 Å². The Morgan fingerprint density at radius 1 is 1.10 bits per heavy atom. The molecular weight excluding hydrogens is 345 g/mol. The molecule has 112 valence electrons. The second kappa shape index (κ2) is 6.52. The Kier molecular flexibility index (Phi) is 4.93. The van der Waals surface area contributed by atoms with Crippen molar-refractivity contribution in [3.8, 4) is 5.75 Å². The van der Waals surface area contributed by atoms with E-state index in [4.69, 9.17) is 4.74 Å². The maximum absolute atomic E-state index is 12.7. The summed E-state index contributed by atoms with van der Waals surface area (Å²) in [7, 11) is 0. The SMILES string of the molecule is Cc1cccc(CBr)c1OCc1cccc(C(F)(F)F)c1. The van der Waals surface area contributed by atoms with Crippen LogP contribution in [0.5, 0.6) is 5.75 Å². The lowest BCUT2D eigenvalue weighted by molar-refractivity contribution is -0.137. The molecule has 0 radical (unpaired) electrons. The fraction of sp³-hybridized carbons (Fsp3) is 0.250. The Hall–Kier alpha value is -1.49. The number of halogens is 4. The van der Waals surface area contributed by atoms with Crippen molar-refractivity contribution >= 4 is 15.9 Å². The molecule has 0 bridgehead atoms. The molecule has 0 saturated carbocycles. The molecule has 0 N–H and O–H groups in total. The Labute approximate surface area is 129 Å². The van der Waals surface area contributed by atoms with Crippen molar-refractivity contribution in [1.29, 1.82) is 0 Å². The number of ether oxygens (including phenoxy) is 1. The van der Waals surface area contributed by atoms with E-state index in [-0.39, 0.29) is 6.61 Å². The zero-order valence-electron chi connectivity index (χ0n) is 11.4. The van der Waals surface area contributed by atoms with Gasteiger partial charge in [0, 0.05) is 10.9 Å². The molecule has 0 aliphatic heterocycles. The van der Waals surface area contributed by atoms with Crippen molar-refractivity contribution in [2.75, 3.05) is 0 Å². The monoisotopic (exact) mass is 358 g/mol. The maximum atomic E-state index is 12.7. The Bertz CT molecular complexity index is 623. The zero-order valence-corrected chi connectivity index (χ0v) is 13.0. The number of para-hydroxylation sites is 1. The molecule has 0 aromatic heterocycles. The van der Waals surface area contributed by atoms with Crippen molar-refractivity contribution < 1.29 is 17.9 Å². The van der Waals surface area contributed by atoms with Crippen LogP contribution in [0.15, 0.2) is 42.5 Å². The number of alkyl halides is 4. The van der Waals surface area contributed by atoms with Gasteiger partial charge in [0.2, 0.25) is 0 Å². The van der Waals surface area contributed by atoms with Gasteiger partial charge in [0.1, 0.15) is 12.4 Å². The van der Waals surface area contributed by atoms with Gasteiger partial charge in [0.05, 0.1) is 5.56 Å². The van der Waals surface area contributed by atoms with Crippen molar-refractivity contribution in [3.05, 3.63) is 64.7 Å². The lowest BCUT2D eigenvalue weighted by atomic mass is 10.1. The molecule has 0 amide bonds. The van der Waals surface area contributed by atoms with Crippen LogP contribution in [0.25, 0.3) is 0 Å². The number of hydrogen-bond donors (Lipinski definition) is 0. The lowest BCUT2D eigenvalue weighted by Crippen LogP contribution is -2.06. The van der Waals surface area contributed by atoms with Crippen molar-refractivity contribution in [2.45, 2.75) is 25.0 Å². The lowest BCUT2D eigenvalue weighted by Gasteiger charge is -2.14. The van der Waals surface area contributed by atoms with E-state index in [9.17, 15) is 13.2 Å². The average molecular weight is 359 g/mol. The van der Waals surface area contributed by atoms with Gasteiger partial charge >= 0.3 is 6.18 Å². The van der Waals surface area contributed by atoms with Crippen LogP contribution in [-0.4, -0.2) is 0 Å². The summed E-state index contributed by atoms with van der Waals surface area (Å²) < 4.78 is 43.7. The van der Waals surface area contributed by atoms with Gasteiger partial charge in [-0.05, 0) is 30.2 Å². The van der Waals surface area contributed by atoms with Crippen LogP contribution in [0, 0.1) is 6.92 Å². The first-order valence-electron chi connectivity index (χ1n) is 6.35. The predicted molar refractivity (Wildman–Crippen MR) is 79.6 cm³/mol. The topological polar surface area (TPSA) is 9.23 Å². The highest BCUT2D eigenvalue weighted by Crippen LogP contribution is 2.30. The van der Waals surface area contributed by atoms with Gasteiger partial charge in [-0.25, -0.2) is 0 Å². The molecule has 0 aliphatic rings. The molecule has 2 aromatic carbocycles. The molecule has 1 nitrogen and oxygen atoms in total. The standard InChI is InChI=1S/C16H14BrF3O/c1-11-4-2-6-13(9-17)15(11)21-10-12-5-3-7-14(8-12)16(18,19)20/h2-8H,9-10H2,1H3. The third-order valence-corrected chi connectivity index (χ3v) is 3.68. The van der Waals surface area contributed by atoms with Crippen molar-refractivity contribution in [3.63, 3.8) is 0 Å². The van der Waals surface area contributed by atoms with Crippen LogP contribution in [0.2, 0.25) is 0 Å². The van der Waals surface area contributed by atoms with E-state index in [1.54, 1.807) is 6.07 Å². The van der Waals surface area contributed by atoms with Crippen LogP contribution >= 0.6 is 15.9 Å². The second-order valence-electron chi connectivity index (χ2n) is 4.68. The normalized spacial score (nSPS) is 11.5. The minimum atomic E-state index is -4.33. The summed E-state index contributed by atoms with van der Waals surface area (Å²) in [5, 5.41) is 0.632. The third kappa shape index (κ3) is 4.00. The van der Waals surface area contributed by atoms with E-state index < -0.39 is 11.7 Å². The Morgan fingerprint density at radius 3 is 2.48 bits per heavy atom. The number of aryl methyl sites for hydroxylation is 1. The molecule has 0 aliphatic carbocycles. The molecular formula is C16H14BrF3O. The minimum absolute atomic E-state index is 0.106. The van der Waals surface area contributed by atoms with E-state index >= 15 is 0 Å². The largest absolute Gasteiger partial charge is 0.488 e. The van der Waals surface area contributed by atoms with Crippen LogP contribution in [0.3, 0.4) is 0 Å². The molecule has 0 spiro atoms. The van der Waals surface area contributed by atoms with Gasteiger partial charge in [0.15, 0.2) is 0 Å². The molecule has 0 atom stereocenters. The second-order valence-corrected chi connectivity index (χ2v) is 5.24. The highest BCUT2D eigenvalue weighted by molar-refractivity contribution is 9.08. The van der Waals surface area contributed by atoms with Gasteiger partial charge < -0.3 is 4.74 Å². The van der Waals surface area contributed by atoms with E-state index in [1.807, 2.05) is 25.1 Å². The third-order valence-electron chi connectivity index (χ3n) is 3.07. The fourth-order valence-corrected chi connectivity index (χ4v) is 2.46. The summed E-state index contributed by atoms with van der Waals surface area (Å²) in [4.78, 5) is 0. The first-order chi connectivity index (χ1) is 9.91. The maximum Gasteiger partial charge on any atom is 0.416 e. The van der Waals surface area contributed by atoms with Crippen LogP contribution in [0.1, 0.15) is 22.3 Å². The highest BCUT2D eigenvalue weighted by Gasteiger charge is 2.30. The summed E-state index contributed by atoms with van der Waals surface area (Å²) in [5.74, 6) is 0.715. The van der Waals surface area contributed by atoms with E-state index in [1.165, 1.54) is 6.07 Å². The summed E-state index contributed by atoms with van der Waals surface area (Å²) in [6.45, 7) is 2.02. The molecule has 0 unspecified atom stereocenters. The van der Waals surface area contributed by atoms with Gasteiger partial charge in [0.25, 0.3) is 0 Å². The Morgan fingerprint density at radius 2 is 1.81 bits per heavy atom. The fourth-order valence-electron chi connectivity index (χ4n) is 2.02. The molecule has 0 saturated heterocycles. The minimum Gasteiger partial charge on any atom is -0.488 e. The summed E-state index contributed by atoms with van der Waals surface area (Å²) in [5.41, 5.74) is 1.77. The smallest absolute Gasteiger partial charge is 0.416 e. The van der Waals surface area contributed by atoms with Crippen LogP contribution < -0.4 is 4.74 Å². The highest BCUT2D eigenvalue weighted by atomic mass is 79.9. The summed E-state index contributed by atoms with van der Waals surface area (Å²) in [6, 6.07) is 10.9. The zero-order chi connectivity index (χ0) is 15.5. The average Bonchev–Trinajstić information content (AvgIpc) is 2.45. The molecule has 2 aromatic rings. The molecule has 5 heteroatoms. The van der Waals surface area contributed by atoms with Crippen molar-refractivity contribution in [2.24, 2.45) is 0 Å². The number of benzene rings is 2. The Balaban J connectivity index is 2.18. The van der Waals surface area contributed by atoms with E-state index in [0.717, 1.165) is 23.3 Å². The number of rotatable bonds is 4.